The van der Waals surface area contributed by atoms with E-state index in [4.69, 9.17) is 14.2 Å². The van der Waals surface area contributed by atoms with Gasteiger partial charge in [0.25, 0.3) is 11.8 Å². The Morgan fingerprint density at radius 2 is 1.71 bits per heavy atom. The number of hydrogen-bond acceptors (Lipinski definition) is 5. The molecule has 0 radical (unpaired) electrons. The first-order chi connectivity index (χ1) is 16.5. The number of anilines is 1. The number of carbonyl (C=O) groups excluding carboxylic acids is 2. The maximum Gasteiger partial charge on any atom is 0.272 e. The monoisotopic (exact) mass is 458 g/mol. The van der Waals surface area contributed by atoms with Crippen molar-refractivity contribution in [1.29, 1.82) is 0 Å². The largest absolute Gasteiger partial charge is 0.493 e. The number of nitrogens with one attached hydrogen (secondary N) is 2. The van der Waals surface area contributed by atoms with Crippen LogP contribution in [0.2, 0.25) is 0 Å². The summed E-state index contributed by atoms with van der Waals surface area (Å²) < 4.78 is 16.4. The minimum absolute atomic E-state index is 0.0906. The molecule has 1 aliphatic heterocycles. The minimum Gasteiger partial charge on any atom is -0.493 e. The molecule has 3 aromatic rings. The van der Waals surface area contributed by atoms with Crippen molar-refractivity contribution in [3.05, 3.63) is 89.6 Å². The lowest BCUT2D eigenvalue weighted by Gasteiger charge is -2.12. The van der Waals surface area contributed by atoms with Gasteiger partial charge in [-0.1, -0.05) is 38.1 Å². The summed E-state index contributed by atoms with van der Waals surface area (Å²) in [5.74, 6) is 1.44. The van der Waals surface area contributed by atoms with Gasteiger partial charge in [0.05, 0.1) is 6.61 Å². The fourth-order valence-corrected chi connectivity index (χ4v) is 3.21. The van der Waals surface area contributed by atoms with Crippen LogP contribution < -0.4 is 24.8 Å². The second kappa shape index (κ2) is 10.6. The van der Waals surface area contributed by atoms with Crippen LogP contribution >= 0.6 is 0 Å². The third-order valence-electron chi connectivity index (χ3n) is 4.93. The highest BCUT2D eigenvalue weighted by Crippen LogP contribution is 2.33. The molecular weight excluding hydrogens is 432 g/mol. The highest BCUT2D eigenvalue weighted by molar-refractivity contribution is 6.10. The van der Waals surface area contributed by atoms with E-state index in [1.54, 1.807) is 60.7 Å². The molecule has 0 unspecified atom stereocenters. The highest BCUT2D eigenvalue weighted by Gasteiger charge is 2.17. The van der Waals surface area contributed by atoms with Crippen LogP contribution in [0.15, 0.2) is 78.5 Å². The molecule has 1 heterocycles. The zero-order chi connectivity index (χ0) is 23.9. The van der Waals surface area contributed by atoms with Crippen LogP contribution in [-0.2, 0) is 4.79 Å². The second-order valence-electron chi connectivity index (χ2n) is 8.17. The predicted molar refractivity (Wildman–Crippen MR) is 130 cm³/mol. The molecular formula is C27H26N2O5. The van der Waals surface area contributed by atoms with E-state index in [0.29, 0.717) is 46.6 Å². The first-order valence-electron chi connectivity index (χ1n) is 11.0. The van der Waals surface area contributed by atoms with Crippen molar-refractivity contribution in [1.82, 2.24) is 5.32 Å². The van der Waals surface area contributed by atoms with Crippen molar-refractivity contribution in [3.63, 3.8) is 0 Å². The molecule has 0 saturated heterocycles. The van der Waals surface area contributed by atoms with Crippen molar-refractivity contribution >= 4 is 23.6 Å². The standard InChI is InChI=1S/C27H26N2O5/c1-18(2)16-32-22-11-9-20(10-12-22)26(30)29-23(27(31)28-21-6-4-3-5-7-21)14-19-8-13-24-25(15-19)34-17-33-24/h3-15,18H,16-17H2,1-2H3,(H,28,31)(H,29,30)/b23-14+. The van der Waals surface area contributed by atoms with E-state index >= 15 is 0 Å². The molecule has 0 saturated carbocycles. The van der Waals surface area contributed by atoms with Crippen LogP contribution in [0.1, 0.15) is 29.8 Å². The number of para-hydroxylation sites is 1. The van der Waals surface area contributed by atoms with Gasteiger partial charge < -0.3 is 24.8 Å². The number of hydrogen-bond donors (Lipinski definition) is 2. The maximum absolute atomic E-state index is 13.1. The van der Waals surface area contributed by atoms with E-state index < -0.39 is 11.8 Å². The van der Waals surface area contributed by atoms with Crippen LogP contribution in [0.4, 0.5) is 5.69 Å². The quantitative estimate of drug-likeness (QED) is 0.471. The number of amides is 2. The van der Waals surface area contributed by atoms with Gasteiger partial charge in [0.15, 0.2) is 11.5 Å². The zero-order valence-electron chi connectivity index (χ0n) is 19.0. The molecule has 7 nitrogen and oxygen atoms in total. The van der Waals surface area contributed by atoms with Gasteiger partial charge in [-0.2, -0.15) is 0 Å². The fraction of sp³-hybridized carbons (Fsp3) is 0.185. The maximum atomic E-state index is 13.1. The van der Waals surface area contributed by atoms with Gasteiger partial charge in [-0.15, -0.1) is 0 Å². The van der Waals surface area contributed by atoms with E-state index in [9.17, 15) is 9.59 Å². The molecule has 0 aromatic heterocycles. The Kier molecular flexibility index (Phi) is 7.13. The van der Waals surface area contributed by atoms with E-state index in [0.717, 1.165) is 0 Å². The molecule has 4 rings (SSSR count). The first kappa shape index (κ1) is 22.9. The number of benzene rings is 3. The molecule has 0 spiro atoms. The van der Waals surface area contributed by atoms with Crippen LogP contribution in [0, 0.1) is 5.92 Å². The van der Waals surface area contributed by atoms with E-state index in [1.165, 1.54) is 0 Å². The van der Waals surface area contributed by atoms with Gasteiger partial charge in [-0.05, 0) is 66.1 Å². The molecule has 1 aliphatic rings. The topological polar surface area (TPSA) is 85.9 Å². The summed E-state index contributed by atoms with van der Waals surface area (Å²) in [7, 11) is 0. The molecule has 0 fully saturated rings. The lowest BCUT2D eigenvalue weighted by molar-refractivity contribution is -0.113. The van der Waals surface area contributed by atoms with Crippen LogP contribution in [-0.4, -0.2) is 25.2 Å². The third kappa shape index (κ3) is 5.95. The van der Waals surface area contributed by atoms with Crippen LogP contribution in [0.25, 0.3) is 6.08 Å². The molecule has 2 N–H and O–H groups in total. The Morgan fingerprint density at radius 3 is 2.44 bits per heavy atom. The smallest absolute Gasteiger partial charge is 0.272 e. The predicted octanol–water partition coefficient (Wildman–Crippen LogP) is 4.86. The molecule has 0 bridgehead atoms. The van der Waals surface area contributed by atoms with Crippen molar-refractivity contribution in [3.8, 4) is 17.2 Å². The van der Waals surface area contributed by atoms with E-state index in [1.807, 2.05) is 18.2 Å². The van der Waals surface area contributed by atoms with Crippen molar-refractivity contribution in [2.75, 3.05) is 18.7 Å². The zero-order valence-corrected chi connectivity index (χ0v) is 19.0. The summed E-state index contributed by atoms with van der Waals surface area (Å²) >= 11 is 0. The average molecular weight is 459 g/mol. The van der Waals surface area contributed by atoms with Crippen LogP contribution in [0.3, 0.4) is 0 Å². The Bertz CT molecular complexity index is 1190. The van der Waals surface area contributed by atoms with Crippen molar-refractivity contribution in [2.24, 2.45) is 5.92 Å². The van der Waals surface area contributed by atoms with E-state index in [2.05, 4.69) is 24.5 Å². The number of fused-ring (bicyclic) bond motifs is 1. The lowest BCUT2D eigenvalue weighted by Crippen LogP contribution is -2.30. The van der Waals surface area contributed by atoms with Crippen molar-refractivity contribution < 1.29 is 23.8 Å². The minimum atomic E-state index is -0.450. The van der Waals surface area contributed by atoms with Gasteiger partial charge in [0, 0.05) is 11.3 Å². The Morgan fingerprint density at radius 1 is 0.971 bits per heavy atom. The second-order valence-corrected chi connectivity index (χ2v) is 8.17. The molecule has 3 aromatic carbocycles. The van der Waals surface area contributed by atoms with Gasteiger partial charge in [-0.25, -0.2) is 0 Å². The SMILES string of the molecule is CC(C)COc1ccc(C(=O)N/C(=C/c2ccc3c(c2)OCO3)C(=O)Nc2ccccc2)cc1. The van der Waals surface area contributed by atoms with Gasteiger partial charge >= 0.3 is 0 Å². The Balaban J connectivity index is 1.55. The van der Waals surface area contributed by atoms with Gasteiger partial charge in [-0.3, -0.25) is 9.59 Å². The molecule has 174 valence electrons. The summed E-state index contributed by atoms with van der Waals surface area (Å²) in [6, 6.07) is 21.1. The highest BCUT2D eigenvalue weighted by atomic mass is 16.7. The van der Waals surface area contributed by atoms with Crippen molar-refractivity contribution in [2.45, 2.75) is 13.8 Å². The Labute approximate surface area is 198 Å². The summed E-state index contributed by atoms with van der Waals surface area (Å²) in [6.45, 7) is 4.87. The normalized spacial score (nSPS) is 12.4. The Hall–Kier alpha value is -4.26. The van der Waals surface area contributed by atoms with Gasteiger partial charge in [0.2, 0.25) is 6.79 Å². The van der Waals surface area contributed by atoms with Gasteiger partial charge in [0.1, 0.15) is 11.4 Å². The third-order valence-corrected chi connectivity index (χ3v) is 4.93. The molecule has 34 heavy (non-hydrogen) atoms. The molecule has 0 aliphatic carbocycles. The summed E-state index contributed by atoms with van der Waals surface area (Å²) in [5.41, 5.74) is 1.79. The molecule has 0 atom stereocenters. The molecule has 7 heteroatoms. The first-order valence-corrected chi connectivity index (χ1v) is 11.0. The summed E-state index contributed by atoms with van der Waals surface area (Å²) in [5, 5.41) is 5.55. The number of ether oxygens (including phenoxy) is 3. The number of rotatable bonds is 8. The fourth-order valence-electron chi connectivity index (χ4n) is 3.21. The summed E-state index contributed by atoms with van der Waals surface area (Å²) in [6.07, 6.45) is 1.60. The number of carbonyl (C=O) groups is 2. The van der Waals surface area contributed by atoms with E-state index in [-0.39, 0.29) is 12.5 Å². The summed E-state index contributed by atoms with van der Waals surface area (Å²) in [4.78, 5) is 26.0. The lowest BCUT2D eigenvalue weighted by atomic mass is 10.1. The molecule has 2 amide bonds. The average Bonchev–Trinajstić information content (AvgIpc) is 3.31. The van der Waals surface area contributed by atoms with Crippen LogP contribution in [0.5, 0.6) is 17.2 Å².